The first-order valence-electron chi connectivity index (χ1n) is 9.88. The Kier molecular flexibility index (Phi) is 6.58. The van der Waals surface area contributed by atoms with Crippen LogP contribution in [0.1, 0.15) is 27.2 Å². The number of nitrogens with zero attached hydrogens (tertiary/aromatic N) is 3. The van der Waals surface area contributed by atoms with E-state index in [1.807, 2.05) is 75.4 Å². The van der Waals surface area contributed by atoms with Crippen molar-refractivity contribution in [2.45, 2.75) is 32.8 Å². The van der Waals surface area contributed by atoms with Crippen molar-refractivity contribution in [2.24, 2.45) is 11.0 Å². The number of benzene rings is 2. The molecule has 1 unspecified atom stereocenters. The zero-order chi connectivity index (χ0) is 21.6. The highest BCUT2D eigenvalue weighted by atomic mass is 16.6. The zero-order valence-corrected chi connectivity index (χ0v) is 17.5. The molecule has 1 amide bonds. The Bertz CT molecular complexity index is 928. The number of nitriles is 1. The standard InChI is InChI=1S/C23H26N4O3/c1-23(2,3)30-22(28)27-14-13-17(16-27)21(15-24)26-25-18-9-11-20(12-10-18)29-19-7-5-4-6-8-19/h4-12,17,25H,13-14,16H2,1-3H3/b26-21+. The molecule has 1 heterocycles. The van der Waals surface area contributed by atoms with Crippen molar-refractivity contribution in [3.8, 4) is 17.6 Å². The summed E-state index contributed by atoms with van der Waals surface area (Å²) in [6, 6.07) is 19.0. The quantitative estimate of drug-likeness (QED) is 0.556. The summed E-state index contributed by atoms with van der Waals surface area (Å²) in [6.07, 6.45) is 0.321. The van der Waals surface area contributed by atoms with E-state index >= 15 is 0 Å². The van der Waals surface area contributed by atoms with Crippen LogP contribution in [-0.4, -0.2) is 35.4 Å². The van der Waals surface area contributed by atoms with E-state index in [1.165, 1.54) is 0 Å². The van der Waals surface area contributed by atoms with Gasteiger partial charge in [-0.1, -0.05) is 18.2 Å². The molecule has 3 rings (SSSR count). The van der Waals surface area contributed by atoms with Crippen molar-refractivity contribution in [1.29, 1.82) is 5.26 Å². The predicted octanol–water partition coefficient (Wildman–Crippen LogP) is 5.03. The molecule has 156 valence electrons. The summed E-state index contributed by atoms with van der Waals surface area (Å²) in [4.78, 5) is 13.8. The van der Waals surface area contributed by atoms with Gasteiger partial charge >= 0.3 is 6.09 Å². The molecular weight excluding hydrogens is 380 g/mol. The van der Waals surface area contributed by atoms with E-state index in [4.69, 9.17) is 9.47 Å². The van der Waals surface area contributed by atoms with Gasteiger partial charge in [0.15, 0.2) is 0 Å². The lowest BCUT2D eigenvalue weighted by Crippen LogP contribution is -2.35. The SMILES string of the molecule is CC(C)(C)OC(=O)N1CCC(/C(C#N)=N/Nc2ccc(Oc3ccccc3)cc2)C1. The molecule has 2 aromatic carbocycles. The normalized spacial score (nSPS) is 16.7. The van der Waals surface area contributed by atoms with E-state index in [0.717, 1.165) is 11.4 Å². The van der Waals surface area contributed by atoms with Gasteiger partial charge in [0.05, 0.1) is 5.69 Å². The largest absolute Gasteiger partial charge is 0.457 e. The van der Waals surface area contributed by atoms with Crippen molar-refractivity contribution < 1.29 is 14.3 Å². The Hall–Kier alpha value is -3.53. The lowest BCUT2D eigenvalue weighted by atomic mass is 10.0. The van der Waals surface area contributed by atoms with E-state index in [9.17, 15) is 10.1 Å². The third-order valence-electron chi connectivity index (χ3n) is 4.48. The highest BCUT2D eigenvalue weighted by Crippen LogP contribution is 2.24. The number of carbonyl (C=O) groups excluding carboxylic acids is 1. The molecule has 1 fully saturated rings. The maximum Gasteiger partial charge on any atom is 0.410 e. The molecule has 0 aromatic heterocycles. The number of anilines is 1. The van der Waals surface area contributed by atoms with Crippen LogP contribution in [0, 0.1) is 17.2 Å². The lowest BCUT2D eigenvalue weighted by molar-refractivity contribution is 0.0292. The average Bonchev–Trinajstić information content (AvgIpc) is 3.20. The second-order valence-corrected chi connectivity index (χ2v) is 8.07. The highest BCUT2D eigenvalue weighted by Gasteiger charge is 2.32. The number of nitrogens with one attached hydrogen (secondary N) is 1. The van der Waals surface area contributed by atoms with Crippen LogP contribution in [-0.2, 0) is 4.74 Å². The van der Waals surface area contributed by atoms with E-state index < -0.39 is 5.60 Å². The molecule has 1 aliphatic rings. The third-order valence-corrected chi connectivity index (χ3v) is 4.48. The monoisotopic (exact) mass is 406 g/mol. The molecule has 1 aliphatic heterocycles. The third kappa shape index (κ3) is 5.98. The molecule has 7 nitrogen and oxygen atoms in total. The summed E-state index contributed by atoms with van der Waals surface area (Å²) in [5, 5.41) is 13.8. The smallest absolute Gasteiger partial charge is 0.410 e. The van der Waals surface area contributed by atoms with E-state index in [-0.39, 0.29) is 12.0 Å². The molecule has 7 heteroatoms. The summed E-state index contributed by atoms with van der Waals surface area (Å²) in [6.45, 7) is 6.47. The summed E-state index contributed by atoms with van der Waals surface area (Å²) >= 11 is 0. The van der Waals surface area contributed by atoms with Crippen LogP contribution in [0.15, 0.2) is 59.7 Å². The van der Waals surface area contributed by atoms with Crippen LogP contribution in [0.3, 0.4) is 0 Å². The zero-order valence-electron chi connectivity index (χ0n) is 17.5. The Balaban J connectivity index is 1.57. The number of carbonyl (C=O) groups is 1. The molecule has 0 spiro atoms. The summed E-state index contributed by atoms with van der Waals surface area (Å²) < 4.78 is 11.2. The summed E-state index contributed by atoms with van der Waals surface area (Å²) in [7, 11) is 0. The van der Waals surface area contributed by atoms with Gasteiger partial charge in [-0.2, -0.15) is 10.4 Å². The average molecular weight is 406 g/mol. The van der Waals surface area contributed by atoms with Crippen LogP contribution in [0.5, 0.6) is 11.5 Å². The Labute approximate surface area is 176 Å². The van der Waals surface area contributed by atoms with Crippen LogP contribution in [0.4, 0.5) is 10.5 Å². The predicted molar refractivity (Wildman–Crippen MR) is 116 cm³/mol. The van der Waals surface area contributed by atoms with E-state index in [0.29, 0.717) is 31.0 Å². The van der Waals surface area contributed by atoms with E-state index in [2.05, 4.69) is 16.6 Å². The second-order valence-electron chi connectivity index (χ2n) is 8.07. The first-order valence-corrected chi connectivity index (χ1v) is 9.88. The van der Waals surface area contributed by atoms with Crippen LogP contribution >= 0.6 is 0 Å². The number of rotatable bonds is 5. The molecule has 1 saturated heterocycles. The Morgan fingerprint density at radius 1 is 1.13 bits per heavy atom. The first kappa shape index (κ1) is 21.2. The van der Waals surface area contributed by atoms with Gasteiger partial charge in [0.2, 0.25) is 0 Å². The molecule has 0 bridgehead atoms. The van der Waals surface area contributed by atoms with Gasteiger partial charge in [-0.3, -0.25) is 5.43 Å². The molecule has 0 radical (unpaired) electrons. The molecule has 2 aromatic rings. The number of ether oxygens (including phenoxy) is 2. The number of para-hydroxylation sites is 1. The van der Waals surface area contributed by atoms with Gasteiger partial charge in [0.25, 0.3) is 0 Å². The van der Waals surface area contributed by atoms with Crippen molar-refractivity contribution in [3.05, 3.63) is 54.6 Å². The summed E-state index contributed by atoms with van der Waals surface area (Å²) in [5.74, 6) is 1.36. The lowest BCUT2D eigenvalue weighted by Gasteiger charge is -2.24. The maximum absolute atomic E-state index is 12.2. The molecule has 0 aliphatic carbocycles. The molecule has 0 saturated carbocycles. The summed E-state index contributed by atoms with van der Waals surface area (Å²) in [5.41, 5.74) is 3.49. The number of hydrogen-bond acceptors (Lipinski definition) is 6. The van der Waals surface area contributed by atoms with Gasteiger partial charge in [0, 0.05) is 19.0 Å². The van der Waals surface area contributed by atoms with Crippen molar-refractivity contribution in [2.75, 3.05) is 18.5 Å². The molecule has 30 heavy (non-hydrogen) atoms. The van der Waals surface area contributed by atoms with Gasteiger partial charge in [-0.15, -0.1) is 0 Å². The van der Waals surface area contributed by atoms with Crippen LogP contribution < -0.4 is 10.2 Å². The van der Waals surface area contributed by atoms with Gasteiger partial charge in [-0.05, 0) is 63.6 Å². The van der Waals surface area contributed by atoms with Gasteiger partial charge in [0.1, 0.15) is 28.9 Å². The Morgan fingerprint density at radius 2 is 1.80 bits per heavy atom. The van der Waals surface area contributed by atoms with E-state index in [1.54, 1.807) is 4.90 Å². The molecule has 1 atom stereocenters. The minimum absolute atomic E-state index is 0.115. The second kappa shape index (κ2) is 9.31. The van der Waals surface area contributed by atoms with Gasteiger partial charge in [-0.25, -0.2) is 4.79 Å². The number of hydrogen-bond donors (Lipinski definition) is 1. The fourth-order valence-electron chi connectivity index (χ4n) is 3.03. The molecular formula is C23H26N4O3. The van der Waals surface area contributed by atoms with Crippen LogP contribution in [0.2, 0.25) is 0 Å². The number of hydrazone groups is 1. The van der Waals surface area contributed by atoms with Gasteiger partial charge < -0.3 is 14.4 Å². The van der Waals surface area contributed by atoms with Crippen molar-refractivity contribution in [3.63, 3.8) is 0 Å². The van der Waals surface area contributed by atoms with Crippen molar-refractivity contribution in [1.82, 2.24) is 4.90 Å². The Morgan fingerprint density at radius 3 is 2.43 bits per heavy atom. The number of likely N-dealkylation sites (tertiary alicyclic amines) is 1. The van der Waals surface area contributed by atoms with Crippen molar-refractivity contribution >= 4 is 17.5 Å². The highest BCUT2D eigenvalue weighted by molar-refractivity contribution is 6.01. The minimum Gasteiger partial charge on any atom is -0.457 e. The van der Waals surface area contributed by atoms with Crippen LogP contribution in [0.25, 0.3) is 0 Å². The fraction of sp³-hybridized carbons (Fsp3) is 0.348. The first-order chi connectivity index (χ1) is 14.3. The minimum atomic E-state index is -0.542. The molecule has 1 N–H and O–H groups in total. The fourth-order valence-corrected chi connectivity index (χ4v) is 3.03. The number of amides is 1. The topological polar surface area (TPSA) is 87.0 Å². The maximum atomic E-state index is 12.2.